The van der Waals surface area contributed by atoms with E-state index in [2.05, 4.69) is 16.4 Å². The summed E-state index contributed by atoms with van der Waals surface area (Å²) >= 11 is 2.66. The van der Waals surface area contributed by atoms with Gasteiger partial charge in [-0.1, -0.05) is 35.9 Å². The maximum atomic E-state index is 12.8. The highest BCUT2D eigenvalue weighted by molar-refractivity contribution is 7.21. The largest absolute Gasteiger partial charge is 0.397 e. The fourth-order valence-electron chi connectivity index (χ4n) is 3.09. The van der Waals surface area contributed by atoms with Crippen LogP contribution in [0.2, 0.25) is 0 Å². The van der Waals surface area contributed by atoms with Crippen LogP contribution in [0.4, 0.5) is 11.5 Å². The minimum absolute atomic E-state index is 0.135. The summed E-state index contributed by atoms with van der Waals surface area (Å²) in [6.45, 7) is 2.41. The number of nitrogen functional groups attached to an aromatic ring is 2. The maximum Gasteiger partial charge on any atom is 0.263 e. The molecule has 4 rings (SSSR count). The number of aromatic nitrogens is 1. The number of nitrogens with one attached hydrogen (secondary N) is 1. The number of hydrogen-bond acceptors (Lipinski definition) is 7. The first-order chi connectivity index (χ1) is 14.0. The van der Waals surface area contributed by atoms with E-state index in [0.29, 0.717) is 32.9 Å². The number of hydrogen-bond donors (Lipinski definition) is 3. The molecule has 0 aliphatic heterocycles. The van der Waals surface area contributed by atoms with Crippen molar-refractivity contribution in [2.75, 3.05) is 11.5 Å². The van der Waals surface area contributed by atoms with Crippen LogP contribution in [0.25, 0.3) is 20.7 Å². The molecule has 3 aromatic heterocycles. The minimum atomic E-state index is -0.278. The van der Waals surface area contributed by atoms with E-state index in [0.717, 1.165) is 16.0 Å². The van der Waals surface area contributed by atoms with E-state index >= 15 is 0 Å². The molecule has 0 radical (unpaired) electrons. The van der Waals surface area contributed by atoms with Gasteiger partial charge in [-0.25, -0.2) is 4.98 Å². The summed E-state index contributed by atoms with van der Waals surface area (Å²) in [4.78, 5) is 18.9. The summed E-state index contributed by atoms with van der Waals surface area (Å²) in [6.07, 6.45) is 0. The minimum Gasteiger partial charge on any atom is -0.397 e. The standard InChI is InChI=1S/C21H17N5OS2/c1-11-4-6-12(7-5-11)10-25-20(27)18-17(23)16-15(14-3-2-8-28-14)13(9-22)19(24)26-21(16)29-18/h2-8H,10,23H2,1H3,(H2,24,26)(H,25,27). The molecule has 1 amide bonds. The Morgan fingerprint density at radius 2 is 2.00 bits per heavy atom. The molecule has 0 saturated heterocycles. The third-order valence-electron chi connectivity index (χ3n) is 4.56. The van der Waals surface area contributed by atoms with Crippen molar-refractivity contribution in [2.24, 2.45) is 0 Å². The Balaban J connectivity index is 1.76. The molecule has 4 aromatic rings. The predicted molar refractivity (Wildman–Crippen MR) is 119 cm³/mol. The Morgan fingerprint density at radius 3 is 2.66 bits per heavy atom. The van der Waals surface area contributed by atoms with E-state index in [1.807, 2.05) is 48.7 Å². The van der Waals surface area contributed by atoms with Gasteiger partial charge in [-0.05, 0) is 23.9 Å². The van der Waals surface area contributed by atoms with Gasteiger partial charge in [0.25, 0.3) is 5.91 Å². The fraction of sp³-hybridized carbons (Fsp3) is 0.0952. The Bertz CT molecular complexity index is 1250. The third kappa shape index (κ3) is 3.42. The highest BCUT2D eigenvalue weighted by Crippen LogP contribution is 2.43. The molecule has 0 fully saturated rings. The van der Waals surface area contributed by atoms with Crippen molar-refractivity contribution >= 4 is 50.3 Å². The second-order valence-electron chi connectivity index (χ2n) is 6.53. The molecule has 6 nitrogen and oxygen atoms in total. The lowest BCUT2D eigenvalue weighted by Gasteiger charge is -2.07. The van der Waals surface area contributed by atoms with Gasteiger partial charge in [-0.15, -0.1) is 22.7 Å². The molecule has 0 unspecified atom stereocenters. The number of carbonyl (C=O) groups excluding carboxylic acids is 1. The first-order valence-corrected chi connectivity index (χ1v) is 10.5. The molecule has 29 heavy (non-hydrogen) atoms. The number of nitriles is 1. The number of carbonyl (C=O) groups is 1. The van der Waals surface area contributed by atoms with Gasteiger partial charge in [0.05, 0.1) is 5.69 Å². The summed E-state index contributed by atoms with van der Waals surface area (Å²) in [6, 6.07) is 13.9. The molecule has 8 heteroatoms. The van der Waals surface area contributed by atoms with Gasteiger partial charge in [0.1, 0.15) is 27.2 Å². The number of rotatable bonds is 4. The second kappa shape index (κ2) is 7.54. The number of aryl methyl sites for hydroxylation is 1. The van der Waals surface area contributed by atoms with Crippen LogP contribution in [-0.2, 0) is 6.54 Å². The quantitative estimate of drug-likeness (QED) is 0.456. The molecular formula is C21H17N5OS2. The van der Waals surface area contributed by atoms with Crippen molar-refractivity contribution in [3.8, 4) is 16.5 Å². The van der Waals surface area contributed by atoms with Gasteiger partial charge in [-0.2, -0.15) is 5.26 Å². The highest BCUT2D eigenvalue weighted by Gasteiger charge is 2.24. The monoisotopic (exact) mass is 419 g/mol. The zero-order valence-electron chi connectivity index (χ0n) is 15.5. The van der Waals surface area contributed by atoms with Crippen LogP contribution in [0.15, 0.2) is 41.8 Å². The molecule has 0 aliphatic carbocycles. The van der Waals surface area contributed by atoms with Crippen molar-refractivity contribution in [3.63, 3.8) is 0 Å². The molecule has 0 aliphatic rings. The number of amides is 1. The van der Waals surface area contributed by atoms with Gasteiger partial charge in [-0.3, -0.25) is 4.79 Å². The van der Waals surface area contributed by atoms with E-state index in [1.54, 1.807) is 0 Å². The summed E-state index contributed by atoms with van der Waals surface area (Å²) < 4.78 is 0. The molecule has 144 valence electrons. The molecule has 3 heterocycles. The Morgan fingerprint density at radius 1 is 1.24 bits per heavy atom. The molecule has 0 spiro atoms. The third-order valence-corrected chi connectivity index (χ3v) is 6.55. The Hall–Kier alpha value is -3.41. The lowest BCUT2D eigenvalue weighted by molar-refractivity contribution is 0.0956. The van der Waals surface area contributed by atoms with Crippen LogP contribution < -0.4 is 16.8 Å². The van der Waals surface area contributed by atoms with Crippen LogP contribution in [-0.4, -0.2) is 10.9 Å². The van der Waals surface area contributed by atoms with Crippen LogP contribution in [0, 0.1) is 18.3 Å². The normalized spacial score (nSPS) is 10.8. The van der Waals surface area contributed by atoms with Crippen LogP contribution >= 0.6 is 22.7 Å². The van der Waals surface area contributed by atoms with Crippen LogP contribution in [0.1, 0.15) is 26.4 Å². The SMILES string of the molecule is Cc1ccc(CNC(=O)c2sc3nc(N)c(C#N)c(-c4cccs4)c3c2N)cc1. The van der Waals surface area contributed by atoms with Crippen molar-refractivity contribution in [1.82, 2.24) is 10.3 Å². The van der Waals surface area contributed by atoms with Crippen molar-refractivity contribution in [3.05, 3.63) is 63.3 Å². The average molecular weight is 420 g/mol. The van der Waals surface area contributed by atoms with Crippen molar-refractivity contribution in [1.29, 1.82) is 5.26 Å². The molecule has 0 bridgehead atoms. The van der Waals surface area contributed by atoms with Gasteiger partial charge in [0, 0.05) is 22.4 Å². The number of benzene rings is 1. The molecule has 1 aromatic carbocycles. The fourth-order valence-corrected chi connectivity index (χ4v) is 4.90. The molecule has 5 N–H and O–H groups in total. The number of thiophene rings is 2. The van der Waals surface area contributed by atoms with Gasteiger partial charge in [0.15, 0.2) is 0 Å². The molecule has 0 atom stereocenters. The van der Waals surface area contributed by atoms with E-state index in [9.17, 15) is 10.1 Å². The van der Waals surface area contributed by atoms with Gasteiger partial charge in [0.2, 0.25) is 0 Å². The van der Waals surface area contributed by atoms with Gasteiger partial charge < -0.3 is 16.8 Å². The van der Waals surface area contributed by atoms with E-state index < -0.39 is 0 Å². The highest BCUT2D eigenvalue weighted by atomic mass is 32.1. The number of fused-ring (bicyclic) bond motifs is 1. The maximum absolute atomic E-state index is 12.8. The topological polar surface area (TPSA) is 118 Å². The number of pyridine rings is 1. The van der Waals surface area contributed by atoms with E-state index in [-0.39, 0.29) is 17.3 Å². The summed E-state index contributed by atoms with van der Waals surface area (Å²) in [5, 5.41) is 15.0. The lowest BCUT2D eigenvalue weighted by atomic mass is 10.0. The second-order valence-corrected chi connectivity index (χ2v) is 8.48. The molecule has 0 saturated carbocycles. The van der Waals surface area contributed by atoms with Crippen molar-refractivity contribution in [2.45, 2.75) is 13.5 Å². The average Bonchev–Trinajstić information content (AvgIpc) is 3.35. The van der Waals surface area contributed by atoms with E-state index in [4.69, 9.17) is 11.5 Å². The first kappa shape index (κ1) is 18.9. The summed E-state index contributed by atoms with van der Waals surface area (Å²) in [5.74, 6) is -0.142. The van der Waals surface area contributed by atoms with E-state index in [1.165, 1.54) is 22.7 Å². The zero-order valence-corrected chi connectivity index (χ0v) is 17.2. The first-order valence-electron chi connectivity index (χ1n) is 8.78. The Labute approximate surface area is 175 Å². The van der Waals surface area contributed by atoms with Crippen LogP contribution in [0.3, 0.4) is 0 Å². The lowest BCUT2D eigenvalue weighted by Crippen LogP contribution is -2.22. The zero-order chi connectivity index (χ0) is 20.5. The van der Waals surface area contributed by atoms with Crippen molar-refractivity contribution < 1.29 is 4.79 Å². The summed E-state index contributed by atoms with van der Waals surface area (Å²) in [5.41, 5.74) is 15.8. The Kier molecular flexibility index (Phi) is 4.92. The van der Waals surface area contributed by atoms with Crippen LogP contribution in [0.5, 0.6) is 0 Å². The number of nitrogens with two attached hydrogens (primary N) is 2. The molecular weight excluding hydrogens is 402 g/mol. The smallest absolute Gasteiger partial charge is 0.263 e. The predicted octanol–water partition coefficient (Wildman–Crippen LogP) is 4.30. The van der Waals surface area contributed by atoms with Gasteiger partial charge >= 0.3 is 0 Å². The summed E-state index contributed by atoms with van der Waals surface area (Å²) in [7, 11) is 0. The number of nitrogens with zero attached hydrogens (tertiary/aromatic N) is 2. The number of anilines is 2.